The Morgan fingerprint density at radius 2 is 1.90 bits per heavy atom. The summed E-state index contributed by atoms with van der Waals surface area (Å²) in [4.78, 5) is 4.27. The topological polar surface area (TPSA) is 59.2 Å². The molecule has 2 aromatic carbocycles. The lowest BCUT2D eigenvalue weighted by atomic mass is 10.1. The summed E-state index contributed by atoms with van der Waals surface area (Å²) in [6.45, 7) is 0. The first kappa shape index (κ1) is 13.9. The maximum Gasteiger partial charge on any atom is 0.261 e. The first-order chi connectivity index (χ1) is 10.1. The second-order valence-electron chi connectivity index (χ2n) is 4.45. The second-order valence-corrected chi connectivity index (χ2v) is 5.29. The summed E-state index contributed by atoms with van der Waals surface area (Å²) in [5.74, 6) is 0.731. The number of aromatic hydroxyl groups is 1. The molecule has 0 aliphatic heterocycles. The van der Waals surface area contributed by atoms with Crippen molar-refractivity contribution in [2.24, 2.45) is 0 Å². The van der Waals surface area contributed by atoms with Gasteiger partial charge in [0.2, 0.25) is 0 Å². The third-order valence-corrected chi connectivity index (χ3v) is 3.57. The molecule has 6 heteroatoms. The molecule has 3 rings (SSSR count). The van der Waals surface area contributed by atoms with E-state index >= 15 is 0 Å². The lowest BCUT2D eigenvalue weighted by molar-refractivity contribution is 0.418. The van der Waals surface area contributed by atoms with Crippen LogP contribution in [0.4, 0.5) is 0 Å². The number of rotatable bonds is 3. The van der Waals surface area contributed by atoms with Crippen molar-refractivity contribution in [1.29, 1.82) is 0 Å². The van der Waals surface area contributed by atoms with Gasteiger partial charge in [0, 0.05) is 16.5 Å². The van der Waals surface area contributed by atoms with Crippen molar-refractivity contribution in [3.63, 3.8) is 0 Å². The number of aromatic nitrogens is 2. The van der Waals surface area contributed by atoms with E-state index in [1.807, 2.05) is 24.3 Å². The summed E-state index contributed by atoms with van der Waals surface area (Å²) < 4.78 is 5.18. The fraction of sp³-hybridized carbons (Fsp3) is 0.0667. The van der Waals surface area contributed by atoms with Gasteiger partial charge in [0.05, 0.1) is 5.56 Å². The molecule has 0 fully saturated rings. The number of phenols is 1. The molecule has 21 heavy (non-hydrogen) atoms. The van der Waals surface area contributed by atoms with Crippen LogP contribution in [0.3, 0.4) is 0 Å². The van der Waals surface area contributed by atoms with Gasteiger partial charge in [-0.05, 0) is 29.8 Å². The fourth-order valence-electron chi connectivity index (χ4n) is 1.93. The number of halogens is 2. The van der Waals surface area contributed by atoms with Crippen molar-refractivity contribution >= 4 is 23.2 Å². The summed E-state index contributed by atoms with van der Waals surface area (Å²) in [6, 6.07) is 12.2. The zero-order valence-corrected chi connectivity index (χ0v) is 12.3. The van der Waals surface area contributed by atoms with E-state index < -0.39 is 0 Å². The largest absolute Gasteiger partial charge is 0.507 e. The molecule has 0 unspecified atom stereocenters. The van der Waals surface area contributed by atoms with Gasteiger partial charge in [0.1, 0.15) is 5.75 Å². The number of phenolic OH excluding ortho intramolecular Hbond substituents is 1. The third-order valence-electron chi connectivity index (χ3n) is 2.96. The zero-order valence-electron chi connectivity index (χ0n) is 10.8. The van der Waals surface area contributed by atoms with Crippen LogP contribution in [-0.4, -0.2) is 15.2 Å². The Morgan fingerprint density at radius 1 is 1.10 bits per heavy atom. The monoisotopic (exact) mass is 320 g/mol. The molecule has 1 N–H and O–H groups in total. The highest BCUT2D eigenvalue weighted by Crippen LogP contribution is 2.30. The molecule has 1 heterocycles. The van der Waals surface area contributed by atoms with Crippen LogP contribution in [0.5, 0.6) is 5.75 Å². The fourth-order valence-corrected chi connectivity index (χ4v) is 2.30. The number of hydrogen-bond acceptors (Lipinski definition) is 4. The average molecular weight is 321 g/mol. The normalized spacial score (nSPS) is 10.8. The van der Waals surface area contributed by atoms with Crippen LogP contribution in [0.2, 0.25) is 10.0 Å². The van der Waals surface area contributed by atoms with Crippen molar-refractivity contribution in [3.8, 4) is 17.2 Å². The van der Waals surface area contributed by atoms with E-state index in [9.17, 15) is 5.11 Å². The number of hydrogen-bond donors (Lipinski definition) is 1. The molecule has 0 radical (unpaired) electrons. The van der Waals surface area contributed by atoms with E-state index in [1.165, 1.54) is 6.07 Å². The van der Waals surface area contributed by atoms with E-state index in [4.69, 9.17) is 27.7 Å². The highest BCUT2D eigenvalue weighted by molar-refractivity contribution is 6.31. The van der Waals surface area contributed by atoms with E-state index in [0.29, 0.717) is 27.9 Å². The molecular weight excluding hydrogens is 311 g/mol. The molecule has 106 valence electrons. The molecule has 0 saturated carbocycles. The lowest BCUT2D eigenvalue weighted by Gasteiger charge is -1.99. The minimum absolute atomic E-state index is 0.00422. The SMILES string of the molecule is Oc1cc(Cl)ccc1-c1nc(Cc2ccccc2Cl)no1. The molecule has 0 spiro atoms. The quantitative estimate of drug-likeness (QED) is 0.779. The summed E-state index contributed by atoms with van der Waals surface area (Å²) in [7, 11) is 0. The molecule has 0 aliphatic rings. The highest BCUT2D eigenvalue weighted by atomic mass is 35.5. The Balaban J connectivity index is 1.88. The first-order valence-electron chi connectivity index (χ1n) is 6.18. The molecule has 0 aliphatic carbocycles. The number of nitrogens with zero attached hydrogens (tertiary/aromatic N) is 2. The van der Waals surface area contributed by atoms with E-state index in [2.05, 4.69) is 10.1 Å². The van der Waals surface area contributed by atoms with E-state index in [0.717, 1.165) is 5.56 Å². The van der Waals surface area contributed by atoms with Gasteiger partial charge in [-0.25, -0.2) is 0 Å². The Bertz CT molecular complexity index is 787. The molecule has 0 atom stereocenters. The number of benzene rings is 2. The Hall–Kier alpha value is -2.04. The zero-order chi connectivity index (χ0) is 14.8. The average Bonchev–Trinajstić information content (AvgIpc) is 2.90. The summed E-state index contributed by atoms with van der Waals surface area (Å²) >= 11 is 11.9. The lowest BCUT2D eigenvalue weighted by Crippen LogP contribution is -1.91. The predicted molar refractivity (Wildman–Crippen MR) is 80.7 cm³/mol. The molecule has 3 aromatic rings. The maximum atomic E-state index is 9.85. The molecule has 0 bridgehead atoms. The van der Waals surface area contributed by atoms with Gasteiger partial charge in [0.15, 0.2) is 5.82 Å². The molecular formula is C15H10Cl2N2O2. The van der Waals surface area contributed by atoms with Gasteiger partial charge in [-0.15, -0.1) is 0 Å². The standard InChI is InChI=1S/C15H10Cl2N2O2/c16-10-5-6-11(13(20)8-10)15-18-14(19-21-15)7-9-3-1-2-4-12(9)17/h1-6,8,20H,7H2. The Kier molecular flexibility index (Phi) is 3.82. The van der Waals surface area contributed by atoms with Gasteiger partial charge in [-0.1, -0.05) is 46.6 Å². The summed E-state index contributed by atoms with van der Waals surface area (Å²) in [6.07, 6.45) is 0.456. The Morgan fingerprint density at radius 3 is 2.67 bits per heavy atom. The van der Waals surface area contributed by atoms with Gasteiger partial charge in [-0.3, -0.25) is 0 Å². The highest BCUT2D eigenvalue weighted by Gasteiger charge is 2.14. The van der Waals surface area contributed by atoms with Crippen LogP contribution in [0.25, 0.3) is 11.5 Å². The van der Waals surface area contributed by atoms with Crippen LogP contribution in [0.15, 0.2) is 47.0 Å². The van der Waals surface area contributed by atoms with Crippen molar-refractivity contribution in [2.75, 3.05) is 0 Å². The van der Waals surface area contributed by atoms with Gasteiger partial charge >= 0.3 is 0 Å². The maximum absolute atomic E-state index is 9.85. The minimum Gasteiger partial charge on any atom is -0.507 e. The summed E-state index contributed by atoms with van der Waals surface area (Å²) in [5.41, 5.74) is 1.35. The predicted octanol–water partition coefficient (Wildman–Crippen LogP) is 4.34. The first-order valence-corrected chi connectivity index (χ1v) is 6.94. The molecule has 0 amide bonds. The van der Waals surface area contributed by atoms with Crippen molar-refractivity contribution in [2.45, 2.75) is 6.42 Å². The molecule has 1 aromatic heterocycles. The van der Waals surface area contributed by atoms with Gasteiger partial charge in [0.25, 0.3) is 5.89 Å². The van der Waals surface area contributed by atoms with Gasteiger partial charge < -0.3 is 9.63 Å². The van der Waals surface area contributed by atoms with Crippen LogP contribution >= 0.6 is 23.2 Å². The smallest absolute Gasteiger partial charge is 0.261 e. The van der Waals surface area contributed by atoms with Crippen molar-refractivity contribution < 1.29 is 9.63 Å². The van der Waals surface area contributed by atoms with Crippen LogP contribution in [0.1, 0.15) is 11.4 Å². The second kappa shape index (κ2) is 5.76. The van der Waals surface area contributed by atoms with Crippen molar-refractivity contribution in [1.82, 2.24) is 10.1 Å². The van der Waals surface area contributed by atoms with Crippen molar-refractivity contribution in [3.05, 3.63) is 63.9 Å². The molecule has 4 nitrogen and oxygen atoms in total. The molecule has 0 saturated heterocycles. The van der Waals surface area contributed by atoms with Crippen LogP contribution < -0.4 is 0 Å². The van der Waals surface area contributed by atoms with E-state index in [-0.39, 0.29) is 11.6 Å². The third kappa shape index (κ3) is 3.01. The van der Waals surface area contributed by atoms with Crippen LogP contribution in [0, 0.1) is 0 Å². The minimum atomic E-state index is -0.00422. The van der Waals surface area contributed by atoms with E-state index in [1.54, 1.807) is 12.1 Å². The summed E-state index contributed by atoms with van der Waals surface area (Å²) in [5, 5.41) is 14.8. The van der Waals surface area contributed by atoms with Gasteiger partial charge in [-0.2, -0.15) is 4.98 Å². The van der Waals surface area contributed by atoms with Crippen LogP contribution in [-0.2, 0) is 6.42 Å². The Labute approximate surface area is 130 Å².